The first-order chi connectivity index (χ1) is 17.5. The van der Waals surface area contributed by atoms with Crippen LogP contribution >= 0.6 is 0 Å². The Morgan fingerprint density at radius 2 is 1.76 bits per heavy atom. The minimum absolute atomic E-state index is 0.0187. The van der Waals surface area contributed by atoms with Crippen LogP contribution in [0.1, 0.15) is 48.6 Å². The number of amides is 1. The van der Waals surface area contributed by atoms with E-state index in [-0.39, 0.29) is 24.4 Å². The number of hydrogen-bond donors (Lipinski definition) is 1. The number of alkyl carbamates (subject to hydrolysis) is 1. The van der Waals surface area contributed by atoms with Gasteiger partial charge in [-0.25, -0.2) is 4.79 Å². The molecule has 0 aromatic heterocycles. The first kappa shape index (κ1) is 25.3. The quantitative estimate of drug-likeness (QED) is 0.523. The second-order valence-electron chi connectivity index (χ2n) is 11.5. The number of Topliss-reactive ketones (excluding diaryl/α,β-unsaturated/α-hetero) is 1. The summed E-state index contributed by atoms with van der Waals surface area (Å²) in [7, 11) is 0. The molecule has 2 aromatic carbocycles. The summed E-state index contributed by atoms with van der Waals surface area (Å²) < 4.78 is 18.5. The van der Waals surface area contributed by atoms with E-state index in [0.29, 0.717) is 17.9 Å². The summed E-state index contributed by atoms with van der Waals surface area (Å²) in [5.74, 6) is -0.143. The average Bonchev–Trinajstić information content (AvgIpc) is 3.46. The standard InChI is InChI=1S/C31H35NO5/c1-18-14-19(2)23(20(3)15-18)25-27(33)26-24(28(25)35-16-21-10-8-7-9-11-21)22-12-13-31(26,37-22)17-36-29(34)32-30(4,5)6/h7-15,22,24,26H,16-17H2,1-6H3,(H,32,34)/t22?,24-,26+,31?/m0/s1. The molecule has 2 aromatic rings. The van der Waals surface area contributed by atoms with E-state index in [0.717, 1.165) is 27.8 Å². The van der Waals surface area contributed by atoms with E-state index >= 15 is 0 Å². The Kier molecular flexibility index (Phi) is 6.27. The van der Waals surface area contributed by atoms with Crippen LogP contribution in [-0.2, 0) is 25.6 Å². The summed E-state index contributed by atoms with van der Waals surface area (Å²) in [6.45, 7) is 12.1. The Balaban J connectivity index is 1.51. The number of nitrogens with one attached hydrogen (secondary N) is 1. The molecular weight excluding hydrogens is 466 g/mol. The molecule has 6 nitrogen and oxygen atoms in total. The van der Waals surface area contributed by atoms with Crippen LogP contribution in [0.3, 0.4) is 0 Å². The van der Waals surface area contributed by atoms with Crippen molar-refractivity contribution < 1.29 is 23.8 Å². The molecule has 0 spiro atoms. The van der Waals surface area contributed by atoms with Crippen molar-refractivity contribution in [2.45, 2.75) is 65.4 Å². The molecule has 1 amide bonds. The van der Waals surface area contributed by atoms with Crippen molar-refractivity contribution in [3.05, 3.63) is 88.2 Å². The Labute approximate surface area is 218 Å². The maximum Gasteiger partial charge on any atom is 0.407 e. The van der Waals surface area contributed by atoms with E-state index in [9.17, 15) is 9.59 Å². The molecule has 1 saturated heterocycles. The van der Waals surface area contributed by atoms with Crippen molar-refractivity contribution in [2.24, 2.45) is 11.8 Å². The summed E-state index contributed by atoms with van der Waals surface area (Å²) >= 11 is 0. The van der Waals surface area contributed by atoms with Crippen molar-refractivity contribution in [3.8, 4) is 0 Å². The summed E-state index contributed by atoms with van der Waals surface area (Å²) in [5.41, 5.74) is 4.36. The second-order valence-corrected chi connectivity index (χ2v) is 11.5. The minimum atomic E-state index is -1.02. The molecule has 0 radical (unpaired) electrons. The van der Waals surface area contributed by atoms with E-state index in [4.69, 9.17) is 14.2 Å². The molecule has 2 bridgehead atoms. The summed E-state index contributed by atoms with van der Waals surface area (Å²) in [5, 5.41) is 2.81. The van der Waals surface area contributed by atoms with Gasteiger partial charge in [-0.1, -0.05) is 60.2 Å². The molecule has 0 saturated carbocycles. The van der Waals surface area contributed by atoms with Crippen LogP contribution in [0, 0.1) is 32.6 Å². The molecule has 194 valence electrons. The fourth-order valence-electron chi connectivity index (χ4n) is 6.00. The highest BCUT2D eigenvalue weighted by atomic mass is 16.6. The molecule has 1 aliphatic carbocycles. The zero-order chi connectivity index (χ0) is 26.5. The summed E-state index contributed by atoms with van der Waals surface area (Å²) in [6.07, 6.45) is 3.02. The third-order valence-corrected chi connectivity index (χ3v) is 7.31. The Morgan fingerprint density at radius 3 is 2.41 bits per heavy atom. The van der Waals surface area contributed by atoms with E-state index in [2.05, 4.69) is 24.4 Å². The lowest BCUT2D eigenvalue weighted by Crippen LogP contribution is -2.46. The predicted molar refractivity (Wildman–Crippen MR) is 142 cm³/mol. The first-order valence-electron chi connectivity index (χ1n) is 12.8. The van der Waals surface area contributed by atoms with Gasteiger partial charge in [-0.05, 0) is 63.8 Å². The molecular formula is C31H35NO5. The van der Waals surface area contributed by atoms with Gasteiger partial charge in [-0.2, -0.15) is 0 Å². The van der Waals surface area contributed by atoms with Crippen molar-refractivity contribution in [2.75, 3.05) is 6.61 Å². The van der Waals surface area contributed by atoms with E-state index in [1.807, 2.05) is 77.1 Å². The highest BCUT2D eigenvalue weighted by molar-refractivity contribution is 6.26. The van der Waals surface area contributed by atoms with Gasteiger partial charge in [0.05, 0.1) is 23.5 Å². The topological polar surface area (TPSA) is 73.9 Å². The zero-order valence-electron chi connectivity index (χ0n) is 22.4. The Morgan fingerprint density at radius 1 is 1.08 bits per heavy atom. The number of aryl methyl sites for hydroxylation is 3. The average molecular weight is 502 g/mol. The van der Waals surface area contributed by atoms with Gasteiger partial charge in [0.15, 0.2) is 5.78 Å². The molecule has 2 heterocycles. The maximum absolute atomic E-state index is 14.3. The number of ether oxygens (including phenoxy) is 3. The van der Waals surface area contributed by atoms with Crippen molar-refractivity contribution in [1.29, 1.82) is 0 Å². The fourth-order valence-corrected chi connectivity index (χ4v) is 6.00. The van der Waals surface area contributed by atoms with Crippen molar-refractivity contribution >= 4 is 17.4 Å². The van der Waals surface area contributed by atoms with Gasteiger partial charge in [0.25, 0.3) is 0 Å². The number of carbonyl (C=O) groups excluding carboxylic acids is 2. The minimum Gasteiger partial charge on any atom is -0.492 e. The molecule has 5 rings (SSSR count). The molecule has 1 fully saturated rings. The molecule has 1 N–H and O–H groups in total. The number of carbonyl (C=O) groups is 2. The van der Waals surface area contributed by atoms with Gasteiger partial charge in [0.1, 0.15) is 24.6 Å². The molecule has 2 aliphatic heterocycles. The third kappa shape index (κ3) is 4.59. The van der Waals surface area contributed by atoms with Gasteiger partial charge < -0.3 is 19.5 Å². The Hall–Kier alpha value is -3.38. The summed E-state index contributed by atoms with van der Waals surface area (Å²) in [4.78, 5) is 26.7. The van der Waals surface area contributed by atoms with Gasteiger partial charge >= 0.3 is 6.09 Å². The van der Waals surface area contributed by atoms with Gasteiger partial charge in [0.2, 0.25) is 0 Å². The van der Waals surface area contributed by atoms with Gasteiger partial charge in [0, 0.05) is 5.54 Å². The molecule has 3 aliphatic rings. The van der Waals surface area contributed by atoms with Gasteiger partial charge in [-0.15, -0.1) is 0 Å². The van der Waals surface area contributed by atoms with Crippen LogP contribution in [-0.4, -0.2) is 35.7 Å². The number of benzene rings is 2. The monoisotopic (exact) mass is 501 g/mol. The Bertz CT molecular complexity index is 1280. The van der Waals surface area contributed by atoms with E-state index in [1.165, 1.54) is 0 Å². The molecule has 37 heavy (non-hydrogen) atoms. The van der Waals surface area contributed by atoms with Gasteiger partial charge in [-0.3, -0.25) is 4.79 Å². The van der Waals surface area contributed by atoms with E-state index < -0.39 is 23.2 Å². The lowest BCUT2D eigenvalue weighted by Gasteiger charge is -2.30. The number of hydrogen-bond acceptors (Lipinski definition) is 5. The molecule has 2 unspecified atom stereocenters. The highest BCUT2D eigenvalue weighted by Gasteiger charge is 2.66. The lowest BCUT2D eigenvalue weighted by molar-refractivity contribution is -0.122. The van der Waals surface area contributed by atoms with Crippen LogP contribution in [0.15, 0.2) is 60.4 Å². The fraction of sp³-hybridized carbons (Fsp3) is 0.419. The van der Waals surface area contributed by atoms with Crippen LogP contribution in [0.5, 0.6) is 0 Å². The zero-order valence-corrected chi connectivity index (χ0v) is 22.4. The number of allylic oxidation sites excluding steroid dienone is 1. The van der Waals surface area contributed by atoms with Crippen LogP contribution < -0.4 is 5.32 Å². The number of ketones is 1. The smallest absolute Gasteiger partial charge is 0.407 e. The predicted octanol–water partition coefficient (Wildman–Crippen LogP) is 5.59. The summed E-state index contributed by atoms with van der Waals surface area (Å²) in [6, 6.07) is 14.1. The lowest BCUT2D eigenvalue weighted by atomic mass is 9.76. The largest absolute Gasteiger partial charge is 0.492 e. The maximum atomic E-state index is 14.3. The van der Waals surface area contributed by atoms with Crippen LogP contribution in [0.4, 0.5) is 4.79 Å². The number of fused-ring (bicyclic) bond motifs is 5. The molecule has 6 heteroatoms. The van der Waals surface area contributed by atoms with E-state index in [1.54, 1.807) is 0 Å². The highest BCUT2D eigenvalue weighted by Crippen LogP contribution is 2.57. The molecule has 4 atom stereocenters. The SMILES string of the molecule is Cc1cc(C)c(C2=C(OCc3ccccc3)[C@H]3C4C=CC(COC(=O)NC(C)(C)C)(O4)[C@H]3C2=O)c(C)c1. The van der Waals surface area contributed by atoms with Crippen LogP contribution in [0.2, 0.25) is 0 Å². The third-order valence-electron chi connectivity index (χ3n) is 7.31. The normalized spacial score (nSPS) is 26.0. The van der Waals surface area contributed by atoms with Crippen molar-refractivity contribution in [3.63, 3.8) is 0 Å². The van der Waals surface area contributed by atoms with Crippen molar-refractivity contribution in [1.82, 2.24) is 5.32 Å². The van der Waals surface area contributed by atoms with Crippen LogP contribution in [0.25, 0.3) is 5.57 Å². The number of rotatable bonds is 6. The second kappa shape index (κ2) is 9.18. The first-order valence-corrected chi connectivity index (χ1v) is 12.8.